The molecule has 0 spiro atoms. The van der Waals surface area contributed by atoms with Crippen molar-refractivity contribution in [1.82, 2.24) is 14.7 Å². The molecule has 3 nitrogen and oxygen atoms in total. The predicted octanol–water partition coefficient (Wildman–Crippen LogP) is 3.66. The summed E-state index contributed by atoms with van der Waals surface area (Å²) in [5.41, 5.74) is 0. The van der Waals surface area contributed by atoms with Crippen molar-refractivity contribution in [3.63, 3.8) is 0 Å². The Morgan fingerprint density at radius 2 is 1.68 bits per heavy atom. The highest BCUT2D eigenvalue weighted by Crippen LogP contribution is 2.09. The Bertz CT molecular complexity index is 358. The summed E-state index contributed by atoms with van der Waals surface area (Å²) in [5.74, 6) is 0. The molecule has 2 aromatic heterocycles. The van der Waals surface area contributed by atoms with Gasteiger partial charge in [-0.05, 0) is 56.6 Å². The second kappa shape index (κ2) is 9.75. The molecule has 19 heavy (non-hydrogen) atoms. The summed E-state index contributed by atoms with van der Waals surface area (Å²) < 4.78 is 1.75. The van der Waals surface area contributed by atoms with Crippen LogP contribution in [0.4, 0.5) is 0 Å². The van der Waals surface area contributed by atoms with E-state index in [2.05, 4.69) is 23.8 Å². The number of aromatic nitrogens is 2. The van der Waals surface area contributed by atoms with Crippen molar-refractivity contribution < 1.29 is 0 Å². The van der Waals surface area contributed by atoms with E-state index in [0.29, 0.717) is 0 Å². The Morgan fingerprint density at radius 3 is 1.89 bits per heavy atom. The lowest BCUT2D eigenvalue weighted by molar-refractivity contribution is 0.276. The van der Waals surface area contributed by atoms with E-state index in [-0.39, 0.29) is 0 Å². The predicted molar refractivity (Wildman–Crippen MR) is 83.5 cm³/mol. The maximum Gasteiger partial charge on any atom is 0.0489 e. The molecule has 3 heterocycles. The highest BCUT2D eigenvalue weighted by atomic mass is 32.1. The third-order valence-corrected chi connectivity index (χ3v) is 3.56. The molecule has 0 bridgehead atoms. The second-order valence-electron chi connectivity index (χ2n) is 4.81. The van der Waals surface area contributed by atoms with Crippen molar-refractivity contribution in [3.8, 4) is 0 Å². The van der Waals surface area contributed by atoms with Crippen LogP contribution in [-0.2, 0) is 7.05 Å². The van der Waals surface area contributed by atoms with Crippen LogP contribution in [0, 0.1) is 0 Å². The first-order valence-electron chi connectivity index (χ1n) is 6.85. The lowest BCUT2D eigenvalue weighted by Gasteiger charge is -2.18. The fraction of sp³-hybridized carbons (Fsp3) is 0.533. The quantitative estimate of drug-likeness (QED) is 0.794. The van der Waals surface area contributed by atoms with Crippen molar-refractivity contribution in [2.75, 3.05) is 13.1 Å². The van der Waals surface area contributed by atoms with Gasteiger partial charge in [0.1, 0.15) is 0 Å². The average molecular weight is 279 g/mol. The van der Waals surface area contributed by atoms with Crippen LogP contribution >= 0.6 is 11.3 Å². The van der Waals surface area contributed by atoms with Gasteiger partial charge in [-0.25, -0.2) is 0 Å². The number of hydrogen-bond donors (Lipinski definition) is 0. The highest BCUT2D eigenvalue weighted by molar-refractivity contribution is 7.07. The normalized spacial score (nSPS) is 14.5. The Kier molecular flexibility index (Phi) is 8.18. The molecule has 106 valence electrons. The monoisotopic (exact) mass is 279 g/mol. The first kappa shape index (κ1) is 15.9. The van der Waals surface area contributed by atoms with Crippen molar-refractivity contribution in [3.05, 3.63) is 41.4 Å². The van der Waals surface area contributed by atoms with Crippen LogP contribution in [0.2, 0.25) is 0 Å². The average Bonchev–Trinajstić information content (AvgIpc) is 3.16. The van der Waals surface area contributed by atoms with Gasteiger partial charge in [0.25, 0.3) is 0 Å². The third-order valence-electron chi connectivity index (χ3n) is 2.93. The molecule has 0 aromatic carbocycles. The number of hydrogen-bond acceptors (Lipinski definition) is 3. The largest absolute Gasteiger partial charge is 0.301 e. The molecule has 1 saturated heterocycles. The molecule has 3 rings (SSSR count). The van der Waals surface area contributed by atoms with Gasteiger partial charge in [-0.15, -0.1) is 0 Å². The second-order valence-corrected chi connectivity index (χ2v) is 5.63. The van der Waals surface area contributed by atoms with E-state index in [1.54, 1.807) is 22.2 Å². The van der Waals surface area contributed by atoms with Gasteiger partial charge < -0.3 is 4.90 Å². The smallest absolute Gasteiger partial charge is 0.0489 e. The van der Waals surface area contributed by atoms with Gasteiger partial charge in [0.05, 0.1) is 0 Å². The molecule has 0 aliphatic carbocycles. The number of rotatable bonds is 1. The molecule has 0 atom stereocenters. The molecule has 0 N–H and O–H groups in total. The zero-order valence-electron chi connectivity index (χ0n) is 12.2. The SMILES string of the molecule is CC(C)N1CCCC1.Cn1cccn1.c1ccsc1. The summed E-state index contributed by atoms with van der Waals surface area (Å²) in [6, 6.07) is 6.70. The summed E-state index contributed by atoms with van der Waals surface area (Å²) in [5, 5.41) is 7.92. The fourth-order valence-electron chi connectivity index (χ4n) is 1.83. The molecular weight excluding hydrogens is 254 g/mol. The van der Waals surface area contributed by atoms with Crippen LogP contribution in [0.25, 0.3) is 0 Å². The Hall–Kier alpha value is -1.13. The van der Waals surface area contributed by atoms with Gasteiger partial charge in [-0.1, -0.05) is 12.1 Å². The molecule has 1 aliphatic rings. The summed E-state index contributed by atoms with van der Waals surface area (Å²) in [4.78, 5) is 2.53. The Balaban J connectivity index is 0.000000147. The number of nitrogens with zero attached hydrogens (tertiary/aromatic N) is 3. The van der Waals surface area contributed by atoms with E-state index in [9.17, 15) is 0 Å². The van der Waals surface area contributed by atoms with Crippen LogP contribution in [0.1, 0.15) is 26.7 Å². The lowest BCUT2D eigenvalue weighted by Crippen LogP contribution is -2.26. The lowest BCUT2D eigenvalue weighted by atomic mass is 10.3. The molecule has 1 aliphatic heterocycles. The highest BCUT2D eigenvalue weighted by Gasteiger charge is 2.13. The number of thiophene rings is 1. The van der Waals surface area contributed by atoms with Gasteiger partial charge >= 0.3 is 0 Å². The number of likely N-dealkylation sites (tertiary alicyclic amines) is 1. The fourth-order valence-corrected chi connectivity index (χ4v) is 2.28. The molecule has 0 radical (unpaired) electrons. The summed E-state index contributed by atoms with van der Waals surface area (Å²) in [6.07, 6.45) is 6.47. The van der Waals surface area contributed by atoms with Gasteiger partial charge in [0.2, 0.25) is 0 Å². The summed E-state index contributed by atoms with van der Waals surface area (Å²) in [6.45, 7) is 7.20. The minimum atomic E-state index is 0.775. The zero-order valence-corrected chi connectivity index (χ0v) is 13.0. The molecule has 0 amide bonds. The van der Waals surface area contributed by atoms with Crippen LogP contribution in [0.15, 0.2) is 41.4 Å². The van der Waals surface area contributed by atoms with Crippen molar-refractivity contribution in [2.24, 2.45) is 7.05 Å². The van der Waals surface area contributed by atoms with E-state index in [4.69, 9.17) is 0 Å². The minimum absolute atomic E-state index is 0.775. The van der Waals surface area contributed by atoms with Crippen LogP contribution in [0.5, 0.6) is 0 Å². The zero-order chi connectivity index (χ0) is 13.9. The topological polar surface area (TPSA) is 21.1 Å². The first-order valence-corrected chi connectivity index (χ1v) is 7.79. The molecular formula is C15H25N3S. The molecule has 2 aromatic rings. The molecule has 0 saturated carbocycles. The Morgan fingerprint density at radius 1 is 1.05 bits per heavy atom. The maximum absolute atomic E-state index is 3.83. The van der Waals surface area contributed by atoms with Gasteiger partial charge in [-0.3, -0.25) is 4.68 Å². The van der Waals surface area contributed by atoms with Crippen LogP contribution in [-0.4, -0.2) is 33.8 Å². The van der Waals surface area contributed by atoms with Gasteiger partial charge in [0.15, 0.2) is 0 Å². The van der Waals surface area contributed by atoms with Crippen LogP contribution < -0.4 is 0 Å². The van der Waals surface area contributed by atoms with Crippen LogP contribution in [0.3, 0.4) is 0 Å². The first-order chi connectivity index (χ1) is 9.20. The maximum atomic E-state index is 3.83. The summed E-state index contributed by atoms with van der Waals surface area (Å²) >= 11 is 1.71. The van der Waals surface area contributed by atoms with E-state index >= 15 is 0 Å². The number of aryl methyl sites for hydroxylation is 1. The van der Waals surface area contributed by atoms with Crippen molar-refractivity contribution in [1.29, 1.82) is 0 Å². The Labute approximate surface area is 120 Å². The molecule has 1 fully saturated rings. The standard InChI is InChI=1S/C7H15N.C4H6N2.C4H4S/c1-7(2)8-5-3-4-6-8;1-6-4-2-3-5-6;1-2-4-5-3-1/h7H,3-6H2,1-2H3;2-4H,1H3;1-4H. The van der Waals surface area contributed by atoms with Gasteiger partial charge in [-0.2, -0.15) is 16.4 Å². The molecule has 4 heteroatoms. The van der Waals surface area contributed by atoms with E-state index in [0.717, 1.165) is 6.04 Å². The van der Waals surface area contributed by atoms with E-state index in [1.807, 2.05) is 42.2 Å². The van der Waals surface area contributed by atoms with Gasteiger partial charge in [0, 0.05) is 25.5 Å². The van der Waals surface area contributed by atoms with Crippen molar-refractivity contribution >= 4 is 11.3 Å². The van der Waals surface area contributed by atoms with Crippen molar-refractivity contribution in [2.45, 2.75) is 32.7 Å². The third kappa shape index (κ3) is 7.80. The summed E-state index contributed by atoms with van der Waals surface area (Å²) in [7, 11) is 1.89. The molecule has 0 unspecified atom stereocenters. The van der Waals surface area contributed by atoms with E-state index in [1.165, 1.54) is 25.9 Å². The minimum Gasteiger partial charge on any atom is -0.301 e. The van der Waals surface area contributed by atoms with E-state index < -0.39 is 0 Å².